The Bertz CT molecular complexity index is 845. The van der Waals surface area contributed by atoms with Crippen LogP contribution in [0.3, 0.4) is 0 Å². The molecular formula is C14H10Cl2N4OS. The monoisotopic (exact) mass is 352 g/mol. The molecule has 2 amide bonds. The van der Waals surface area contributed by atoms with Crippen molar-refractivity contribution in [2.75, 3.05) is 12.4 Å². The Morgan fingerprint density at radius 3 is 2.64 bits per heavy atom. The first kappa shape index (κ1) is 15.0. The minimum atomic E-state index is -0.342. The van der Waals surface area contributed by atoms with E-state index in [1.807, 2.05) is 0 Å². The van der Waals surface area contributed by atoms with E-state index >= 15 is 0 Å². The highest BCUT2D eigenvalue weighted by Gasteiger charge is 2.16. The summed E-state index contributed by atoms with van der Waals surface area (Å²) in [5.41, 5.74) is 1.40. The molecule has 0 fully saturated rings. The quantitative estimate of drug-likeness (QED) is 0.717. The maximum absolute atomic E-state index is 11.5. The SMILES string of the molecule is CNC(=O)Nc1nccc2nc(-c3c(Cl)cccc3Cl)sc12. The lowest BCUT2D eigenvalue weighted by atomic mass is 10.2. The van der Waals surface area contributed by atoms with Gasteiger partial charge in [-0.15, -0.1) is 11.3 Å². The molecule has 0 saturated heterocycles. The van der Waals surface area contributed by atoms with Crippen LogP contribution in [0.4, 0.5) is 10.6 Å². The van der Waals surface area contributed by atoms with E-state index in [-0.39, 0.29) is 6.03 Å². The fourth-order valence-electron chi connectivity index (χ4n) is 1.92. The summed E-state index contributed by atoms with van der Waals surface area (Å²) in [6, 6.07) is 6.73. The molecule has 0 aliphatic rings. The number of urea groups is 1. The number of thiazole rings is 1. The predicted molar refractivity (Wildman–Crippen MR) is 90.9 cm³/mol. The van der Waals surface area contributed by atoms with Gasteiger partial charge in [0.1, 0.15) is 5.01 Å². The Morgan fingerprint density at radius 2 is 1.95 bits per heavy atom. The van der Waals surface area contributed by atoms with Gasteiger partial charge in [0.25, 0.3) is 0 Å². The van der Waals surface area contributed by atoms with Crippen LogP contribution in [0.15, 0.2) is 30.5 Å². The van der Waals surface area contributed by atoms with Crippen LogP contribution in [0.1, 0.15) is 0 Å². The lowest BCUT2D eigenvalue weighted by molar-refractivity contribution is 0.254. The van der Waals surface area contributed by atoms with Crippen LogP contribution < -0.4 is 10.6 Å². The fraction of sp³-hybridized carbons (Fsp3) is 0.0714. The lowest BCUT2D eigenvalue weighted by Gasteiger charge is -2.03. The number of hydrogen-bond donors (Lipinski definition) is 2. The van der Waals surface area contributed by atoms with E-state index in [4.69, 9.17) is 23.2 Å². The van der Waals surface area contributed by atoms with Crippen LogP contribution in [0.25, 0.3) is 20.8 Å². The molecule has 0 saturated carbocycles. The number of carbonyl (C=O) groups excluding carboxylic acids is 1. The molecule has 8 heteroatoms. The third-order valence-corrected chi connectivity index (χ3v) is 4.67. The maximum Gasteiger partial charge on any atom is 0.320 e. The number of pyridine rings is 1. The van der Waals surface area contributed by atoms with Gasteiger partial charge in [-0.25, -0.2) is 14.8 Å². The number of carbonyl (C=O) groups is 1. The molecule has 3 rings (SSSR count). The lowest BCUT2D eigenvalue weighted by Crippen LogP contribution is -2.24. The summed E-state index contributed by atoms with van der Waals surface area (Å²) < 4.78 is 0.761. The van der Waals surface area contributed by atoms with Gasteiger partial charge in [0, 0.05) is 18.8 Å². The van der Waals surface area contributed by atoms with Gasteiger partial charge in [-0.2, -0.15) is 0 Å². The Morgan fingerprint density at radius 1 is 1.23 bits per heavy atom. The van der Waals surface area contributed by atoms with Gasteiger partial charge in [-0.3, -0.25) is 5.32 Å². The van der Waals surface area contributed by atoms with E-state index in [0.717, 1.165) is 10.2 Å². The average molecular weight is 353 g/mol. The van der Waals surface area contributed by atoms with Crippen molar-refractivity contribution in [3.05, 3.63) is 40.5 Å². The van der Waals surface area contributed by atoms with Crippen molar-refractivity contribution in [2.45, 2.75) is 0 Å². The Hall–Kier alpha value is -1.89. The largest absolute Gasteiger partial charge is 0.341 e. The number of fused-ring (bicyclic) bond motifs is 1. The maximum atomic E-state index is 11.5. The highest BCUT2D eigenvalue weighted by molar-refractivity contribution is 7.22. The molecule has 0 radical (unpaired) electrons. The van der Waals surface area contributed by atoms with Gasteiger partial charge in [0.05, 0.1) is 20.3 Å². The molecule has 0 unspecified atom stereocenters. The van der Waals surface area contributed by atoms with E-state index in [2.05, 4.69) is 20.6 Å². The second kappa shape index (κ2) is 6.08. The summed E-state index contributed by atoms with van der Waals surface area (Å²) in [5, 5.41) is 6.89. The van der Waals surface area contributed by atoms with Crippen molar-refractivity contribution < 1.29 is 4.79 Å². The van der Waals surface area contributed by atoms with E-state index in [9.17, 15) is 4.79 Å². The van der Waals surface area contributed by atoms with Crippen molar-refractivity contribution in [1.29, 1.82) is 0 Å². The third-order valence-electron chi connectivity index (χ3n) is 2.94. The van der Waals surface area contributed by atoms with Gasteiger partial charge >= 0.3 is 6.03 Å². The minimum absolute atomic E-state index is 0.342. The number of aromatic nitrogens is 2. The van der Waals surface area contributed by atoms with Crippen LogP contribution in [0.5, 0.6) is 0 Å². The number of amides is 2. The molecule has 0 aliphatic carbocycles. The van der Waals surface area contributed by atoms with Gasteiger partial charge in [0.15, 0.2) is 5.82 Å². The van der Waals surface area contributed by atoms with E-state index < -0.39 is 0 Å². The minimum Gasteiger partial charge on any atom is -0.341 e. The number of nitrogens with zero attached hydrogens (tertiary/aromatic N) is 2. The second-order valence-electron chi connectivity index (χ2n) is 4.33. The zero-order valence-corrected chi connectivity index (χ0v) is 13.7. The Kier molecular flexibility index (Phi) is 4.15. The number of rotatable bonds is 2. The number of benzene rings is 1. The van der Waals surface area contributed by atoms with Crippen molar-refractivity contribution in [3.8, 4) is 10.6 Å². The first-order valence-electron chi connectivity index (χ1n) is 6.29. The normalized spacial score (nSPS) is 10.7. The number of halogens is 2. The van der Waals surface area contributed by atoms with Crippen LogP contribution in [-0.2, 0) is 0 Å². The molecule has 3 aromatic rings. The van der Waals surface area contributed by atoms with Crippen LogP contribution in [0.2, 0.25) is 10.0 Å². The van der Waals surface area contributed by atoms with Gasteiger partial charge < -0.3 is 5.32 Å². The van der Waals surface area contributed by atoms with Crippen molar-refractivity contribution >= 4 is 56.6 Å². The molecule has 2 heterocycles. The summed E-state index contributed by atoms with van der Waals surface area (Å²) in [7, 11) is 1.54. The number of hydrogen-bond acceptors (Lipinski definition) is 4. The third kappa shape index (κ3) is 2.72. The Labute approximate surface area is 140 Å². The molecule has 22 heavy (non-hydrogen) atoms. The zero-order valence-electron chi connectivity index (χ0n) is 11.4. The van der Waals surface area contributed by atoms with Gasteiger partial charge in [-0.05, 0) is 18.2 Å². The molecule has 0 spiro atoms. The topological polar surface area (TPSA) is 66.9 Å². The molecular weight excluding hydrogens is 343 g/mol. The van der Waals surface area contributed by atoms with Gasteiger partial charge in [0.2, 0.25) is 0 Å². The highest BCUT2D eigenvalue weighted by Crippen LogP contribution is 2.40. The number of anilines is 1. The summed E-state index contributed by atoms with van der Waals surface area (Å²) in [6.45, 7) is 0. The molecule has 0 bridgehead atoms. The van der Waals surface area contributed by atoms with Crippen molar-refractivity contribution in [2.24, 2.45) is 0 Å². The van der Waals surface area contributed by atoms with Gasteiger partial charge in [-0.1, -0.05) is 29.3 Å². The first-order chi connectivity index (χ1) is 10.6. The molecule has 0 aliphatic heterocycles. The summed E-state index contributed by atoms with van der Waals surface area (Å²) >= 11 is 13.8. The standard InChI is InChI=1S/C14H10Cl2N4OS/c1-17-14(21)20-12-11-9(5-6-18-12)19-13(22-11)10-7(15)3-2-4-8(10)16/h2-6H,1H3,(H2,17,18,20,21). The summed E-state index contributed by atoms with van der Waals surface area (Å²) in [6.07, 6.45) is 1.59. The predicted octanol–water partition coefficient (Wildman–Crippen LogP) is 4.42. The van der Waals surface area contributed by atoms with Crippen molar-refractivity contribution in [3.63, 3.8) is 0 Å². The molecule has 0 atom stereocenters. The summed E-state index contributed by atoms with van der Waals surface area (Å²) in [5.74, 6) is 0.448. The number of nitrogens with one attached hydrogen (secondary N) is 2. The fourth-order valence-corrected chi connectivity index (χ4v) is 3.69. The van der Waals surface area contributed by atoms with Crippen LogP contribution in [-0.4, -0.2) is 23.0 Å². The van der Waals surface area contributed by atoms with E-state index in [1.54, 1.807) is 30.5 Å². The molecule has 5 nitrogen and oxygen atoms in total. The van der Waals surface area contributed by atoms with Crippen LogP contribution >= 0.6 is 34.5 Å². The Balaban J connectivity index is 2.14. The first-order valence-corrected chi connectivity index (χ1v) is 7.86. The highest BCUT2D eigenvalue weighted by atomic mass is 35.5. The molecule has 112 valence electrons. The summed E-state index contributed by atoms with van der Waals surface area (Å²) in [4.78, 5) is 20.2. The second-order valence-corrected chi connectivity index (χ2v) is 6.14. The van der Waals surface area contributed by atoms with Crippen molar-refractivity contribution in [1.82, 2.24) is 15.3 Å². The molecule has 2 N–H and O–H groups in total. The van der Waals surface area contributed by atoms with E-state index in [0.29, 0.717) is 26.4 Å². The average Bonchev–Trinajstić information content (AvgIpc) is 2.91. The molecule has 2 aromatic heterocycles. The van der Waals surface area contributed by atoms with Crippen LogP contribution in [0, 0.1) is 0 Å². The zero-order chi connectivity index (χ0) is 15.7. The smallest absolute Gasteiger partial charge is 0.320 e. The molecule has 1 aromatic carbocycles. The van der Waals surface area contributed by atoms with E-state index in [1.165, 1.54) is 18.4 Å².